The first-order chi connectivity index (χ1) is 7.11. The zero-order valence-corrected chi connectivity index (χ0v) is 10.3. The van der Waals surface area contributed by atoms with Gasteiger partial charge in [0.1, 0.15) is 0 Å². The molecule has 1 amide bonds. The first kappa shape index (κ1) is 14.4. The minimum absolute atomic E-state index is 0.0494. The second-order valence-corrected chi connectivity index (χ2v) is 4.16. The van der Waals surface area contributed by atoms with Crippen LogP contribution in [0.25, 0.3) is 0 Å². The van der Waals surface area contributed by atoms with Crippen molar-refractivity contribution in [3.8, 4) is 0 Å². The summed E-state index contributed by atoms with van der Waals surface area (Å²) in [4.78, 5) is 11.0. The molecular weight excluding hydrogens is 190 g/mol. The van der Waals surface area contributed by atoms with E-state index in [1.165, 1.54) is 6.92 Å². The highest BCUT2D eigenvalue weighted by Gasteiger charge is 2.18. The Hall–Kier alpha value is -0.570. The molecule has 0 bridgehead atoms. The van der Waals surface area contributed by atoms with E-state index in [0.717, 1.165) is 38.5 Å². The number of unbranched alkanes of at least 4 members (excludes halogenated alkanes) is 2. The number of amides is 1. The van der Waals surface area contributed by atoms with E-state index in [0.29, 0.717) is 0 Å². The molecule has 0 fully saturated rings. The highest BCUT2D eigenvalue weighted by molar-refractivity contribution is 5.73. The topological polar surface area (TPSA) is 49.3 Å². The lowest BCUT2D eigenvalue weighted by Crippen LogP contribution is -2.42. The molecule has 0 saturated carbocycles. The van der Waals surface area contributed by atoms with Crippen LogP contribution in [0, 0.1) is 0 Å². The van der Waals surface area contributed by atoms with Crippen LogP contribution in [0.5, 0.6) is 0 Å². The number of aliphatic hydroxyl groups is 1. The smallest absolute Gasteiger partial charge is 0.217 e. The fourth-order valence-corrected chi connectivity index (χ4v) is 1.66. The number of hydrogen-bond donors (Lipinski definition) is 2. The molecule has 0 aliphatic carbocycles. The van der Waals surface area contributed by atoms with Crippen molar-refractivity contribution >= 4 is 5.91 Å². The molecule has 3 nitrogen and oxygen atoms in total. The van der Waals surface area contributed by atoms with Gasteiger partial charge in [-0.15, -0.1) is 0 Å². The van der Waals surface area contributed by atoms with Crippen LogP contribution in [-0.2, 0) is 4.79 Å². The lowest BCUT2D eigenvalue weighted by atomic mass is 10.00. The fraction of sp³-hybridized carbons (Fsp3) is 0.917. The Bertz CT molecular complexity index is 171. The first-order valence-electron chi connectivity index (χ1n) is 6.07. The number of rotatable bonds is 8. The van der Waals surface area contributed by atoms with Gasteiger partial charge >= 0.3 is 0 Å². The van der Waals surface area contributed by atoms with E-state index in [9.17, 15) is 9.90 Å². The molecule has 0 aliphatic rings. The third kappa shape index (κ3) is 7.37. The van der Waals surface area contributed by atoms with Crippen LogP contribution < -0.4 is 5.32 Å². The van der Waals surface area contributed by atoms with Gasteiger partial charge in [-0.25, -0.2) is 0 Å². The zero-order valence-electron chi connectivity index (χ0n) is 10.3. The number of carbonyl (C=O) groups excluding carboxylic acids is 1. The van der Waals surface area contributed by atoms with Crippen molar-refractivity contribution in [2.45, 2.75) is 71.4 Å². The van der Waals surface area contributed by atoms with Gasteiger partial charge in [0.2, 0.25) is 5.91 Å². The van der Waals surface area contributed by atoms with Gasteiger partial charge in [0.15, 0.2) is 0 Å². The second-order valence-electron chi connectivity index (χ2n) is 4.16. The first-order valence-corrected chi connectivity index (χ1v) is 6.07. The molecule has 3 heteroatoms. The maximum Gasteiger partial charge on any atom is 0.217 e. The van der Waals surface area contributed by atoms with E-state index in [1.54, 1.807) is 0 Å². The molecular formula is C12H25NO2. The summed E-state index contributed by atoms with van der Waals surface area (Å²) < 4.78 is 0. The van der Waals surface area contributed by atoms with Crippen LogP contribution >= 0.6 is 0 Å². The van der Waals surface area contributed by atoms with Crippen molar-refractivity contribution in [1.82, 2.24) is 5.32 Å². The molecule has 2 atom stereocenters. The molecule has 0 rings (SSSR count). The molecule has 0 aromatic carbocycles. The summed E-state index contributed by atoms with van der Waals surface area (Å²) in [6, 6.07) is -0.0611. The fourth-order valence-electron chi connectivity index (χ4n) is 1.66. The third-order valence-electron chi connectivity index (χ3n) is 2.58. The number of carbonyl (C=O) groups is 1. The van der Waals surface area contributed by atoms with Crippen LogP contribution in [0.3, 0.4) is 0 Å². The highest BCUT2D eigenvalue weighted by atomic mass is 16.3. The molecule has 15 heavy (non-hydrogen) atoms. The van der Waals surface area contributed by atoms with E-state index in [2.05, 4.69) is 19.2 Å². The van der Waals surface area contributed by atoms with E-state index < -0.39 is 0 Å². The Kier molecular flexibility index (Phi) is 8.38. The predicted molar refractivity (Wildman–Crippen MR) is 62.7 cm³/mol. The van der Waals surface area contributed by atoms with Crippen LogP contribution in [0.2, 0.25) is 0 Å². The SMILES string of the molecule is CCCC[C@H](NC(C)=O)[C@@H](O)CCCC. The van der Waals surface area contributed by atoms with Crippen molar-refractivity contribution < 1.29 is 9.90 Å². The van der Waals surface area contributed by atoms with Crippen LogP contribution in [0.4, 0.5) is 0 Å². The molecule has 0 saturated heterocycles. The van der Waals surface area contributed by atoms with Crippen LogP contribution in [-0.4, -0.2) is 23.2 Å². The minimum Gasteiger partial charge on any atom is -0.391 e. The minimum atomic E-state index is -0.389. The van der Waals surface area contributed by atoms with Gasteiger partial charge in [0.25, 0.3) is 0 Å². The normalized spacial score (nSPS) is 14.7. The number of hydrogen-bond acceptors (Lipinski definition) is 2. The van der Waals surface area contributed by atoms with E-state index >= 15 is 0 Å². The van der Waals surface area contributed by atoms with Crippen molar-refractivity contribution in [3.05, 3.63) is 0 Å². The molecule has 0 unspecified atom stereocenters. The van der Waals surface area contributed by atoms with E-state index in [4.69, 9.17) is 0 Å². The summed E-state index contributed by atoms with van der Waals surface area (Å²) in [5, 5.41) is 12.7. The van der Waals surface area contributed by atoms with Gasteiger partial charge in [-0.1, -0.05) is 39.5 Å². The monoisotopic (exact) mass is 215 g/mol. The van der Waals surface area contributed by atoms with Crippen molar-refractivity contribution in [3.63, 3.8) is 0 Å². The zero-order chi connectivity index (χ0) is 11.7. The standard InChI is InChI=1S/C12H25NO2/c1-4-6-8-11(13-10(3)14)12(15)9-7-5-2/h11-12,15H,4-9H2,1-3H3,(H,13,14)/t11-,12-/m0/s1. The van der Waals surface area contributed by atoms with Gasteiger partial charge in [-0.05, 0) is 12.8 Å². The van der Waals surface area contributed by atoms with E-state index in [1.807, 2.05) is 0 Å². The molecule has 0 radical (unpaired) electrons. The summed E-state index contributed by atoms with van der Waals surface area (Å²) in [5.74, 6) is -0.0494. The van der Waals surface area contributed by atoms with Crippen LogP contribution in [0.15, 0.2) is 0 Å². The Morgan fingerprint density at radius 2 is 1.73 bits per heavy atom. The maximum atomic E-state index is 11.0. The Labute approximate surface area is 93.3 Å². The Morgan fingerprint density at radius 1 is 1.20 bits per heavy atom. The number of aliphatic hydroxyl groups excluding tert-OH is 1. The summed E-state index contributed by atoms with van der Waals surface area (Å²) >= 11 is 0. The molecule has 0 aliphatic heterocycles. The van der Waals surface area contributed by atoms with Gasteiger partial charge in [0.05, 0.1) is 12.1 Å². The van der Waals surface area contributed by atoms with Crippen molar-refractivity contribution in [1.29, 1.82) is 0 Å². The van der Waals surface area contributed by atoms with Gasteiger partial charge in [-0.3, -0.25) is 4.79 Å². The average molecular weight is 215 g/mol. The van der Waals surface area contributed by atoms with Crippen LogP contribution in [0.1, 0.15) is 59.3 Å². The van der Waals surface area contributed by atoms with Crippen molar-refractivity contribution in [2.24, 2.45) is 0 Å². The van der Waals surface area contributed by atoms with Gasteiger partial charge in [-0.2, -0.15) is 0 Å². The molecule has 2 N–H and O–H groups in total. The average Bonchev–Trinajstić information content (AvgIpc) is 2.20. The summed E-state index contributed by atoms with van der Waals surface area (Å²) in [7, 11) is 0. The lowest BCUT2D eigenvalue weighted by Gasteiger charge is -2.23. The molecule has 90 valence electrons. The summed E-state index contributed by atoms with van der Waals surface area (Å²) in [6.45, 7) is 5.72. The second kappa shape index (κ2) is 8.72. The summed E-state index contributed by atoms with van der Waals surface area (Å²) in [6.07, 6.45) is 5.51. The molecule has 0 heterocycles. The lowest BCUT2D eigenvalue weighted by molar-refractivity contribution is -0.120. The number of nitrogens with one attached hydrogen (secondary N) is 1. The van der Waals surface area contributed by atoms with Gasteiger partial charge < -0.3 is 10.4 Å². The quantitative estimate of drug-likeness (QED) is 0.652. The molecule has 0 aromatic rings. The van der Waals surface area contributed by atoms with Crippen molar-refractivity contribution in [2.75, 3.05) is 0 Å². The largest absolute Gasteiger partial charge is 0.391 e. The maximum absolute atomic E-state index is 11.0. The van der Waals surface area contributed by atoms with Gasteiger partial charge in [0, 0.05) is 6.92 Å². The predicted octanol–water partition coefficient (Wildman–Crippen LogP) is 2.23. The molecule has 0 spiro atoms. The highest BCUT2D eigenvalue weighted by Crippen LogP contribution is 2.10. The Balaban J connectivity index is 4.01. The Morgan fingerprint density at radius 3 is 2.20 bits per heavy atom. The third-order valence-corrected chi connectivity index (χ3v) is 2.58. The molecule has 0 aromatic heterocycles. The summed E-state index contributed by atoms with van der Waals surface area (Å²) in [5.41, 5.74) is 0. The van der Waals surface area contributed by atoms with E-state index in [-0.39, 0.29) is 18.1 Å².